The van der Waals surface area contributed by atoms with E-state index in [1.807, 2.05) is 24.3 Å². The first kappa shape index (κ1) is 24.3. The molecule has 0 aliphatic rings. The minimum atomic E-state index is -3.79. The van der Waals surface area contributed by atoms with Crippen LogP contribution in [0, 0.1) is 0 Å². The van der Waals surface area contributed by atoms with Crippen molar-refractivity contribution in [1.29, 1.82) is 0 Å². The lowest BCUT2D eigenvalue weighted by Gasteiger charge is -2.18. The van der Waals surface area contributed by atoms with Crippen molar-refractivity contribution in [3.05, 3.63) is 72.6 Å². The maximum Gasteiger partial charge on any atom is 0.287 e. The predicted octanol–water partition coefficient (Wildman–Crippen LogP) is 2.68. The molecule has 0 saturated heterocycles. The SMILES string of the molecule is NS(=O)(=O)NCCCCC(NC(=O)c1cc2ccccc2o1)C(=O)Nc1cccc2cccnc12. The van der Waals surface area contributed by atoms with E-state index in [1.165, 1.54) is 0 Å². The molecule has 0 aliphatic heterocycles. The third-order valence-electron chi connectivity index (χ3n) is 5.38. The van der Waals surface area contributed by atoms with Crippen molar-refractivity contribution < 1.29 is 22.4 Å². The highest BCUT2D eigenvalue weighted by Crippen LogP contribution is 2.22. The Kier molecular flexibility index (Phi) is 7.39. The Bertz CT molecular complexity index is 1430. The van der Waals surface area contributed by atoms with Gasteiger partial charge in [-0.3, -0.25) is 14.6 Å². The Hall–Kier alpha value is -3.80. The van der Waals surface area contributed by atoms with Crippen LogP contribution in [0.15, 0.2) is 71.3 Å². The number of nitrogens with two attached hydrogens (primary N) is 1. The monoisotopic (exact) mass is 495 g/mol. The predicted molar refractivity (Wildman–Crippen MR) is 133 cm³/mol. The van der Waals surface area contributed by atoms with Gasteiger partial charge >= 0.3 is 0 Å². The van der Waals surface area contributed by atoms with E-state index in [1.54, 1.807) is 42.6 Å². The van der Waals surface area contributed by atoms with Crippen LogP contribution in [-0.2, 0) is 15.0 Å². The molecule has 4 aromatic rings. The highest BCUT2D eigenvalue weighted by atomic mass is 32.2. The number of fused-ring (bicyclic) bond motifs is 2. The molecule has 0 aliphatic carbocycles. The highest BCUT2D eigenvalue weighted by molar-refractivity contribution is 7.87. The molecule has 2 aromatic carbocycles. The van der Waals surface area contributed by atoms with Gasteiger partial charge in [0.15, 0.2) is 5.76 Å². The van der Waals surface area contributed by atoms with Crippen molar-refractivity contribution in [3.63, 3.8) is 0 Å². The number of para-hydroxylation sites is 2. The van der Waals surface area contributed by atoms with Crippen LogP contribution in [0.3, 0.4) is 0 Å². The highest BCUT2D eigenvalue weighted by Gasteiger charge is 2.24. The summed E-state index contributed by atoms with van der Waals surface area (Å²) in [6.07, 6.45) is 2.78. The van der Waals surface area contributed by atoms with Gasteiger partial charge < -0.3 is 15.1 Å². The van der Waals surface area contributed by atoms with E-state index in [0.29, 0.717) is 29.6 Å². The van der Waals surface area contributed by atoms with Crippen molar-refractivity contribution in [2.24, 2.45) is 5.14 Å². The van der Waals surface area contributed by atoms with Crippen molar-refractivity contribution in [2.45, 2.75) is 25.3 Å². The zero-order chi connectivity index (χ0) is 24.8. The van der Waals surface area contributed by atoms with E-state index < -0.39 is 28.1 Å². The number of furan rings is 1. The number of anilines is 1. The summed E-state index contributed by atoms with van der Waals surface area (Å²) >= 11 is 0. The minimum Gasteiger partial charge on any atom is -0.451 e. The van der Waals surface area contributed by atoms with E-state index in [9.17, 15) is 18.0 Å². The number of carbonyl (C=O) groups is 2. The smallest absolute Gasteiger partial charge is 0.287 e. The zero-order valence-electron chi connectivity index (χ0n) is 18.7. The molecular formula is C24H25N5O5S. The van der Waals surface area contributed by atoms with Crippen LogP contribution in [0.2, 0.25) is 0 Å². The summed E-state index contributed by atoms with van der Waals surface area (Å²) in [4.78, 5) is 30.5. The molecule has 4 rings (SSSR count). The number of pyridine rings is 1. The zero-order valence-corrected chi connectivity index (χ0v) is 19.5. The summed E-state index contributed by atoms with van der Waals surface area (Å²) in [6, 6.07) is 17.1. The van der Waals surface area contributed by atoms with E-state index in [-0.39, 0.29) is 18.7 Å². The lowest BCUT2D eigenvalue weighted by Crippen LogP contribution is -2.43. The molecule has 2 aromatic heterocycles. The Morgan fingerprint density at radius 3 is 2.57 bits per heavy atom. The molecule has 2 heterocycles. The van der Waals surface area contributed by atoms with Crippen molar-refractivity contribution in [1.82, 2.24) is 15.0 Å². The Balaban J connectivity index is 1.49. The van der Waals surface area contributed by atoms with Gasteiger partial charge in [0, 0.05) is 23.5 Å². The molecule has 11 heteroatoms. The number of carbonyl (C=O) groups excluding carboxylic acids is 2. The average molecular weight is 496 g/mol. The van der Waals surface area contributed by atoms with Gasteiger partial charge in [-0.05, 0) is 43.5 Å². The third-order valence-corrected chi connectivity index (χ3v) is 5.99. The van der Waals surface area contributed by atoms with E-state index in [2.05, 4.69) is 20.3 Å². The number of nitrogens with zero attached hydrogens (tertiary/aromatic N) is 1. The van der Waals surface area contributed by atoms with Crippen LogP contribution >= 0.6 is 0 Å². The summed E-state index contributed by atoms with van der Waals surface area (Å²) in [5.41, 5.74) is 1.71. The summed E-state index contributed by atoms with van der Waals surface area (Å²) in [6.45, 7) is 0.123. The second kappa shape index (κ2) is 10.6. The first-order valence-electron chi connectivity index (χ1n) is 11.0. The molecule has 5 N–H and O–H groups in total. The minimum absolute atomic E-state index is 0.0896. The molecule has 1 atom stereocenters. The number of benzene rings is 2. The summed E-state index contributed by atoms with van der Waals surface area (Å²) in [5, 5.41) is 12.2. The number of unbranched alkanes of at least 4 members (excludes halogenated alkanes) is 1. The van der Waals surface area contributed by atoms with E-state index in [4.69, 9.17) is 9.56 Å². The normalized spacial score (nSPS) is 12.5. The van der Waals surface area contributed by atoms with Gasteiger partial charge in [0.1, 0.15) is 11.6 Å². The fraction of sp³-hybridized carbons (Fsp3) is 0.208. The van der Waals surface area contributed by atoms with Crippen molar-refractivity contribution in [2.75, 3.05) is 11.9 Å². The molecule has 182 valence electrons. The van der Waals surface area contributed by atoms with Crippen LogP contribution in [0.5, 0.6) is 0 Å². The van der Waals surface area contributed by atoms with Crippen LogP contribution in [0.25, 0.3) is 21.9 Å². The summed E-state index contributed by atoms with van der Waals surface area (Å²) in [7, 11) is -3.79. The van der Waals surface area contributed by atoms with Crippen molar-refractivity contribution in [3.8, 4) is 0 Å². The van der Waals surface area contributed by atoms with E-state index in [0.717, 1.165) is 10.8 Å². The maximum absolute atomic E-state index is 13.2. The summed E-state index contributed by atoms with van der Waals surface area (Å²) < 4.78 is 29.9. The number of aromatic nitrogens is 1. The Morgan fingerprint density at radius 1 is 1.00 bits per heavy atom. The van der Waals surface area contributed by atoms with Gasteiger partial charge in [-0.2, -0.15) is 8.42 Å². The first-order chi connectivity index (χ1) is 16.8. The second-order valence-electron chi connectivity index (χ2n) is 7.98. The molecule has 0 fully saturated rings. The first-order valence-corrected chi connectivity index (χ1v) is 12.6. The van der Waals surface area contributed by atoms with Gasteiger partial charge in [0.05, 0.1) is 11.2 Å². The maximum atomic E-state index is 13.2. The van der Waals surface area contributed by atoms with Crippen LogP contribution in [-0.4, -0.2) is 37.8 Å². The molecule has 0 radical (unpaired) electrons. The second-order valence-corrected chi connectivity index (χ2v) is 9.36. The van der Waals surface area contributed by atoms with Gasteiger partial charge in [-0.1, -0.05) is 36.4 Å². The van der Waals surface area contributed by atoms with Gasteiger partial charge in [-0.25, -0.2) is 9.86 Å². The quantitative estimate of drug-likeness (QED) is 0.248. The van der Waals surface area contributed by atoms with Gasteiger partial charge in [0.25, 0.3) is 16.1 Å². The molecule has 0 bridgehead atoms. The number of hydrogen-bond donors (Lipinski definition) is 4. The van der Waals surface area contributed by atoms with E-state index >= 15 is 0 Å². The number of hydrogen-bond acceptors (Lipinski definition) is 6. The topological polar surface area (TPSA) is 156 Å². The fourth-order valence-corrected chi connectivity index (χ4v) is 4.13. The number of nitrogens with one attached hydrogen (secondary N) is 3. The van der Waals surface area contributed by atoms with Crippen LogP contribution in [0.4, 0.5) is 5.69 Å². The lowest BCUT2D eigenvalue weighted by atomic mass is 10.1. The Labute approximate surface area is 202 Å². The molecule has 2 amide bonds. The van der Waals surface area contributed by atoms with Gasteiger partial charge in [0.2, 0.25) is 5.91 Å². The standard InChI is InChI=1S/C24H25N5O5S/c25-35(32,33)27-14-4-3-10-19(29-24(31)21-15-17-7-1-2-12-20(17)34-21)23(30)28-18-11-5-8-16-9-6-13-26-22(16)18/h1-2,5-9,11-13,15,19,27H,3-4,10,14H2,(H,28,30)(H,29,31)(H2,25,32,33). The molecular weight excluding hydrogens is 470 g/mol. The summed E-state index contributed by atoms with van der Waals surface area (Å²) in [5.74, 6) is -0.862. The van der Waals surface area contributed by atoms with Crippen LogP contribution < -0.4 is 20.5 Å². The lowest BCUT2D eigenvalue weighted by molar-refractivity contribution is -0.118. The van der Waals surface area contributed by atoms with Gasteiger partial charge in [-0.15, -0.1) is 0 Å². The average Bonchev–Trinajstić information content (AvgIpc) is 3.27. The fourth-order valence-electron chi connectivity index (χ4n) is 3.70. The molecule has 35 heavy (non-hydrogen) atoms. The third kappa shape index (κ3) is 6.41. The largest absolute Gasteiger partial charge is 0.451 e. The molecule has 10 nitrogen and oxygen atoms in total. The number of amides is 2. The molecule has 0 saturated carbocycles. The number of rotatable bonds is 10. The van der Waals surface area contributed by atoms with Crippen LogP contribution in [0.1, 0.15) is 29.8 Å². The molecule has 1 unspecified atom stereocenters. The Morgan fingerprint density at radius 2 is 1.77 bits per heavy atom. The molecule has 0 spiro atoms. The van der Waals surface area contributed by atoms with Crippen molar-refractivity contribution >= 4 is 49.6 Å².